The molecule has 7 nitrogen and oxygen atoms in total. The second-order valence-corrected chi connectivity index (χ2v) is 6.46. The van der Waals surface area contributed by atoms with E-state index < -0.39 is 54.1 Å². The molecule has 10 heteroatoms. The number of halogens is 3. The van der Waals surface area contributed by atoms with Gasteiger partial charge in [0, 0.05) is 19.2 Å². The van der Waals surface area contributed by atoms with E-state index in [-0.39, 0.29) is 0 Å². The molecular formula is C20H26F3NO6. The van der Waals surface area contributed by atoms with Crippen molar-refractivity contribution in [2.75, 3.05) is 20.8 Å². The van der Waals surface area contributed by atoms with Crippen LogP contribution >= 0.6 is 0 Å². The van der Waals surface area contributed by atoms with E-state index in [2.05, 4.69) is 14.8 Å². The van der Waals surface area contributed by atoms with E-state index in [0.29, 0.717) is 13.0 Å². The third-order valence-corrected chi connectivity index (χ3v) is 4.33. The van der Waals surface area contributed by atoms with Crippen LogP contribution in [0.4, 0.5) is 13.2 Å². The van der Waals surface area contributed by atoms with Gasteiger partial charge in [-0.3, -0.25) is 9.59 Å². The van der Waals surface area contributed by atoms with E-state index in [0.717, 1.165) is 32.8 Å². The fourth-order valence-corrected chi connectivity index (χ4v) is 2.73. The number of hydrogen-bond acceptors (Lipinski definition) is 6. The van der Waals surface area contributed by atoms with Crippen molar-refractivity contribution in [3.05, 3.63) is 35.9 Å². The fourth-order valence-electron chi connectivity index (χ4n) is 2.73. The minimum atomic E-state index is -5.17. The van der Waals surface area contributed by atoms with Crippen LogP contribution in [0.25, 0.3) is 0 Å². The molecule has 30 heavy (non-hydrogen) atoms. The van der Waals surface area contributed by atoms with E-state index in [9.17, 15) is 27.6 Å². The van der Waals surface area contributed by atoms with Gasteiger partial charge in [-0.2, -0.15) is 13.2 Å². The second-order valence-electron chi connectivity index (χ2n) is 6.46. The zero-order valence-corrected chi connectivity index (χ0v) is 17.1. The van der Waals surface area contributed by atoms with E-state index >= 15 is 0 Å². The predicted molar refractivity (Wildman–Crippen MR) is 100 cm³/mol. The Labute approximate surface area is 172 Å². The minimum absolute atomic E-state index is 0.350. The van der Waals surface area contributed by atoms with Crippen molar-refractivity contribution in [1.82, 2.24) is 5.32 Å². The van der Waals surface area contributed by atoms with Crippen molar-refractivity contribution in [2.24, 2.45) is 0 Å². The summed E-state index contributed by atoms with van der Waals surface area (Å²) in [4.78, 5) is 36.4. The average Bonchev–Trinajstić information content (AvgIpc) is 2.68. The fraction of sp³-hybridized carbons (Fsp3) is 0.550. The van der Waals surface area contributed by atoms with Gasteiger partial charge in [0.2, 0.25) is 5.91 Å². The summed E-state index contributed by atoms with van der Waals surface area (Å²) >= 11 is 0. The third kappa shape index (κ3) is 6.45. The van der Waals surface area contributed by atoms with Crippen LogP contribution in [0.1, 0.15) is 38.2 Å². The molecule has 1 N–H and O–H groups in total. The van der Waals surface area contributed by atoms with Crippen molar-refractivity contribution in [1.29, 1.82) is 0 Å². The first kappa shape index (κ1) is 25.4. The first-order valence-corrected chi connectivity index (χ1v) is 9.34. The van der Waals surface area contributed by atoms with E-state index in [4.69, 9.17) is 4.74 Å². The molecule has 0 saturated heterocycles. The average molecular weight is 433 g/mol. The SMILES string of the molecule is CCCCNC(=O)C[C@@H](CC(=O)OC)OC(=O)[C@](OC)(c1ccccc1)C(F)(F)F. The number of unbranched alkanes of at least 4 members (excludes halogenated alkanes) is 1. The van der Waals surface area contributed by atoms with E-state index in [1.54, 1.807) is 0 Å². The predicted octanol–water partition coefficient (Wildman–Crippen LogP) is 2.87. The topological polar surface area (TPSA) is 90.9 Å². The van der Waals surface area contributed by atoms with Crippen LogP contribution < -0.4 is 5.32 Å². The van der Waals surface area contributed by atoms with Crippen LogP contribution in [-0.2, 0) is 34.2 Å². The minimum Gasteiger partial charge on any atom is -0.469 e. The van der Waals surface area contributed by atoms with Crippen LogP contribution in [-0.4, -0.2) is 50.9 Å². The first-order valence-electron chi connectivity index (χ1n) is 9.34. The highest BCUT2D eigenvalue weighted by atomic mass is 19.4. The Morgan fingerprint density at radius 2 is 1.70 bits per heavy atom. The number of esters is 2. The molecule has 0 spiro atoms. The van der Waals surface area contributed by atoms with Crippen molar-refractivity contribution < 1.29 is 41.8 Å². The maximum absolute atomic E-state index is 14.0. The van der Waals surface area contributed by atoms with Crippen molar-refractivity contribution >= 4 is 17.8 Å². The Balaban J connectivity index is 3.15. The van der Waals surface area contributed by atoms with Gasteiger partial charge in [0.25, 0.3) is 5.60 Å². The maximum Gasteiger partial charge on any atom is 0.432 e. The zero-order chi connectivity index (χ0) is 22.8. The molecule has 168 valence electrons. The summed E-state index contributed by atoms with van der Waals surface area (Å²) in [5, 5.41) is 2.56. The standard InChI is InChI=1S/C20H26F3NO6/c1-4-5-11-24-16(25)12-15(13-17(26)28-2)30-18(27)19(29-3,20(21,22)23)14-9-7-6-8-10-14/h6-10,15H,4-5,11-13H2,1-3H3,(H,24,25)/t15-,19+/m0/s1. The number of rotatable bonds is 11. The molecule has 0 radical (unpaired) electrons. The molecule has 0 bridgehead atoms. The largest absolute Gasteiger partial charge is 0.469 e. The van der Waals surface area contributed by atoms with Gasteiger partial charge in [0.15, 0.2) is 0 Å². The Hall–Kier alpha value is -2.62. The summed E-state index contributed by atoms with van der Waals surface area (Å²) in [6.45, 7) is 2.27. The molecule has 0 unspecified atom stereocenters. The molecule has 1 aromatic carbocycles. The number of carbonyl (C=O) groups excluding carboxylic acids is 3. The summed E-state index contributed by atoms with van der Waals surface area (Å²) in [6.07, 6.45) is -6.21. The number of carbonyl (C=O) groups is 3. The molecule has 2 atom stereocenters. The molecule has 1 rings (SSSR count). The number of benzene rings is 1. The van der Waals surface area contributed by atoms with Crippen molar-refractivity contribution in [3.63, 3.8) is 0 Å². The van der Waals surface area contributed by atoms with Gasteiger partial charge in [0.1, 0.15) is 6.10 Å². The van der Waals surface area contributed by atoms with Gasteiger partial charge in [0.05, 0.1) is 20.0 Å². The lowest BCUT2D eigenvalue weighted by Crippen LogP contribution is -2.52. The molecule has 1 amide bonds. The number of amides is 1. The molecule has 0 aliphatic heterocycles. The van der Waals surface area contributed by atoms with Crippen LogP contribution in [0.15, 0.2) is 30.3 Å². The van der Waals surface area contributed by atoms with Gasteiger partial charge < -0.3 is 19.5 Å². The van der Waals surface area contributed by atoms with Gasteiger partial charge in [-0.15, -0.1) is 0 Å². The lowest BCUT2D eigenvalue weighted by molar-refractivity contribution is -0.278. The van der Waals surface area contributed by atoms with Crippen LogP contribution in [0.3, 0.4) is 0 Å². The molecule has 0 aliphatic rings. The molecule has 0 fully saturated rings. The molecular weight excluding hydrogens is 407 g/mol. The summed E-state index contributed by atoms with van der Waals surface area (Å²) in [5.41, 5.74) is -3.91. The summed E-state index contributed by atoms with van der Waals surface area (Å²) in [7, 11) is 1.80. The smallest absolute Gasteiger partial charge is 0.432 e. The molecule has 0 aliphatic carbocycles. The summed E-state index contributed by atoms with van der Waals surface area (Å²) < 4.78 is 56.0. The lowest BCUT2D eigenvalue weighted by atomic mass is 9.92. The Bertz CT molecular complexity index is 710. The highest BCUT2D eigenvalue weighted by molar-refractivity contribution is 5.84. The van der Waals surface area contributed by atoms with Gasteiger partial charge >= 0.3 is 18.1 Å². The normalized spacial score (nSPS) is 14.3. The molecule has 0 heterocycles. The van der Waals surface area contributed by atoms with Crippen molar-refractivity contribution in [3.8, 4) is 0 Å². The highest BCUT2D eigenvalue weighted by Gasteiger charge is 2.64. The van der Waals surface area contributed by atoms with E-state index in [1.165, 1.54) is 18.2 Å². The van der Waals surface area contributed by atoms with Crippen LogP contribution in [0, 0.1) is 0 Å². The third-order valence-electron chi connectivity index (χ3n) is 4.33. The summed E-state index contributed by atoms with van der Waals surface area (Å²) in [5.74, 6) is -3.19. The molecule has 0 saturated carbocycles. The highest BCUT2D eigenvalue weighted by Crippen LogP contribution is 2.43. The maximum atomic E-state index is 14.0. The monoisotopic (exact) mass is 433 g/mol. The first-order chi connectivity index (χ1) is 14.1. The van der Waals surface area contributed by atoms with Gasteiger partial charge in [-0.05, 0) is 6.42 Å². The summed E-state index contributed by atoms with van der Waals surface area (Å²) in [6, 6.07) is 6.26. The Morgan fingerprint density at radius 1 is 1.07 bits per heavy atom. The number of ether oxygens (including phenoxy) is 3. The molecule has 1 aromatic rings. The lowest BCUT2D eigenvalue weighted by Gasteiger charge is -2.33. The quantitative estimate of drug-likeness (QED) is 0.426. The van der Waals surface area contributed by atoms with E-state index in [1.807, 2.05) is 6.92 Å². The second kappa shape index (κ2) is 11.5. The number of hydrogen-bond donors (Lipinski definition) is 1. The zero-order valence-electron chi connectivity index (χ0n) is 17.1. The van der Waals surface area contributed by atoms with Crippen molar-refractivity contribution in [2.45, 2.75) is 50.5 Å². The Kier molecular flexibility index (Phi) is 9.77. The molecule has 0 aromatic heterocycles. The van der Waals surface area contributed by atoms with Crippen LogP contribution in [0.2, 0.25) is 0 Å². The van der Waals surface area contributed by atoms with Gasteiger partial charge in [-0.1, -0.05) is 43.7 Å². The van der Waals surface area contributed by atoms with Gasteiger partial charge in [-0.25, -0.2) is 4.79 Å². The number of nitrogens with one attached hydrogen (secondary N) is 1. The Morgan fingerprint density at radius 3 is 2.20 bits per heavy atom. The van der Waals surface area contributed by atoms with Crippen LogP contribution in [0.5, 0.6) is 0 Å². The number of alkyl halides is 3. The number of methoxy groups -OCH3 is 2.